The van der Waals surface area contributed by atoms with Crippen LogP contribution in [0.5, 0.6) is 0 Å². The zero-order chi connectivity index (χ0) is 10.1. The van der Waals surface area contributed by atoms with Gasteiger partial charge >= 0.3 is 0 Å². The first-order valence-electron chi connectivity index (χ1n) is 5.42. The smallest absolute Gasteiger partial charge is 0.236 e. The summed E-state index contributed by atoms with van der Waals surface area (Å²) in [5.74, 6) is 0.265. The lowest BCUT2D eigenvalue weighted by molar-refractivity contribution is -0.139. The van der Waals surface area contributed by atoms with Gasteiger partial charge in [0.15, 0.2) is 0 Å². The molecular formula is C10H19N3O. The molecule has 2 fully saturated rings. The van der Waals surface area contributed by atoms with E-state index in [1.54, 1.807) is 0 Å². The minimum absolute atomic E-state index is 0.265. The number of nitrogens with one attached hydrogen (secondary N) is 1. The van der Waals surface area contributed by atoms with E-state index in [1.165, 1.54) is 0 Å². The first kappa shape index (κ1) is 9.93. The summed E-state index contributed by atoms with van der Waals surface area (Å²) in [5, 5.41) is 3.44. The summed E-state index contributed by atoms with van der Waals surface area (Å²) in [4.78, 5) is 15.8. The highest BCUT2D eigenvalue weighted by atomic mass is 16.2. The minimum Gasteiger partial charge on any atom is -0.343 e. The fourth-order valence-electron chi connectivity index (χ4n) is 2.45. The van der Waals surface area contributed by atoms with Crippen molar-refractivity contribution in [2.45, 2.75) is 25.4 Å². The van der Waals surface area contributed by atoms with Crippen molar-refractivity contribution in [1.82, 2.24) is 15.1 Å². The van der Waals surface area contributed by atoms with Crippen molar-refractivity contribution in [3.8, 4) is 0 Å². The van der Waals surface area contributed by atoms with Crippen LogP contribution < -0.4 is 5.32 Å². The van der Waals surface area contributed by atoms with Crippen molar-refractivity contribution in [2.24, 2.45) is 0 Å². The van der Waals surface area contributed by atoms with Gasteiger partial charge in [-0.15, -0.1) is 0 Å². The van der Waals surface area contributed by atoms with Gasteiger partial charge in [0.1, 0.15) is 0 Å². The summed E-state index contributed by atoms with van der Waals surface area (Å²) in [5.41, 5.74) is 0. The molecule has 0 spiro atoms. The molecule has 2 unspecified atom stereocenters. The number of piperazine rings is 2. The molecule has 80 valence electrons. The first-order valence-corrected chi connectivity index (χ1v) is 5.42. The summed E-state index contributed by atoms with van der Waals surface area (Å²) >= 11 is 0. The maximum Gasteiger partial charge on any atom is 0.236 e. The van der Waals surface area contributed by atoms with Crippen molar-refractivity contribution < 1.29 is 4.79 Å². The van der Waals surface area contributed by atoms with E-state index in [2.05, 4.69) is 17.1 Å². The van der Waals surface area contributed by atoms with Gasteiger partial charge in [-0.25, -0.2) is 0 Å². The Labute approximate surface area is 85.2 Å². The van der Waals surface area contributed by atoms with Crippen molar-refractivity contribution in [1.29, 1.82) is 0 Å². The van der Waals surface area contributed by atoms with Crippen LogP contribution in [0.1, 0.15) is 13.3 Å². The largest absolute Gasteiger partial charge is 0.343 e. The van der Waals surface area contributed by atoms with Gasteiger partial charge in [0, 0.05) is 38.8 Å². The molecule has 0 radical (unpaired) electrons. The molecule has 4 nitrogen and oxygen atoms in total. The average Bonchev–Trinajstić information content (AvgIpc) is 2.19. The van der Waals surface area contributed by atoms with E-state index >= 15 is 0 Å². The Hall–Kier alpha value is -0.610. The molecule has 0 aromatic heterocycles. The van der Waals surface area contributed by atoms with Crippen LogP contribution >= 0.6 is 0 Å². The van der Waals surface area contributed by atoms with Gasteiger partial charge in [0.25, 0.3) is 0 Å². The molecule has 1 amide bonds. The molecule has 1 N–H and O–H groups in total. The summed E-state index contributed by atoms with van der Waals surface area (Å²) in [6.07, 6.45) is 1.13. The summed E-state index contributed by atoms with van der Waals surface area (Å²) < 4.78 is 0. The monoisotopic (exact) mass is 197 g/mol. The van der Waals surface area contributed by atoms with Gasteiger partial charge in [-0.2, -0.15) is 0 Å². The fourth-order valence-corrected chi connectivity index (χ4v) is 2.45. The molecule has 0 aromatic rings. The van der Waals surface area contributed by atoms with E-state index in [9.17, 15) is 4.79 Å². The lowest BCUT2D eigenvalue weighted by Gasteiger charge is -2.47. The molecular weight excluding hydrogens is 178 g/mol. The van der Waals surface area contributed by atoms with Crippen molar-refractivity contribution >= 4 is 5.91 Å². The SMILES string of the molecule is CCC1CNCC2CN(C)C(=O)CN12. The van der Waals surface area contributed by atoms with Gasteiger partial charge in [-0.05, 0) is 6.42 Å². The molecule has 14 heavy (non-hydrogen) atoms. The number of likely N-dealkylation sites (N-methyl/N-ethyl adjacent to an activating group) is 1. The lowest BCUT2D eigenvalue weighted by atomic mass is 10.0. The third-order valence-corrected chi connectivity index (χ3v) is 3.40. The summed E-state index contributed by atoms with van der Waals surface area (Å²) in [6, 6.07) is 1.07. The van der Waals surface area contributed by atoms with Gasteiger partial charge < -0.3 is 10.2 Å². The maximum absolute atomic E-state index is 11.6. The number of hydrogen-bond donors (Lipinski definition) is 1. The van der Waals surface area contributed by atoms with E-state index in [4.69, 9.17) is 0 Å². The van der Waals surface area contributed by atoms with Crippen molar-refractivity contribution in [3.63, 3.8) is 0 Å². The van der Waals surface area contributed by atoms with Crippen LogP contribution in [0.4, 0.5) is 0 Å². The fraction of sp³-hybridized carbons (Fsp3) is 0.900. The van der Waals surface area contributed by atoms with E-state index < -0.39 is 0 Å². The van der Waals surface area contributed by atoms with Crippen LogP contribution in [0.3, 0.4) is 0 Å². The second kappa shape index (κ2) is 3.87. The number of hydrogen-bond acceptors (Lipinski definition) is 3. The molecule has 0 bridgehead atoms. The second-order valence-electron chi connectivity index (χ2n) is 4.32. The van der Waals surface area contributed by atoms with Crippen molar-refractivity contribution in [2.75, 3.05) is 33.2 Å². The molecule has 2 aliphatic rings. The highest BCUT2D eigenvalue weighted by Crippen LogP contribution is 2.17. The van der Waals surface area contributed by atoms with Gasteiger partial charge in [0.2, 0.25) is 5.91 Å². The number of carbonyl (C=O) groups is 1. The lowest BCUT2D eigenvalue weighted by Crippen LogP contribution is -2.65. The molecule has 0 aromatic carbocycles. The Balaban J connectivity index is 2.07. The highest BCUT2D eigenvalue weighted by Gasteiger charge is 2.36. The number of fused-ring (bicyclic) bond motifs is 1. The quantitative estimate of drug-likeness (QED) is 0.616. The molecule has 2 aliphatic heterocycles. The zero-order valence-electron chi connectivity index (χ0n) is 8.99. The molecule has 2 saturated heterocycles. The maximum atomic E-state index is 11.6. The Kier molecular flexibility index (Phi) is 2.74. The van der Waals surface area contributed by atoms with Crippen molar-refractivity contribution in [3.05, 3.63) is 0 Å². The Morgan fingerprint density at radius 3 is 3.00 bits per heavy atom. The van der Waals surface area contributed by atoms with Gasteiger partial charge in [0.05, 0.1) is 6.54 Å². The predicted molar refractivity (Wildman–Crippen MR) is 55.1 cm³/mol. The number of nitrogens with zero attached hydrogens (tertiary/aromatic N) is 2. The van der Waals surface area contributed by atoms with Crippen LogP contribution in [0.15, 0.2) is 0 Å². The number of carbonyl (C=O) groups excluding carboxylic acids is 1. The topological polar surface area (TPSA) is 35.6 Å². The Morgan fingerprint density at radius 1 is 1.50 bits per heavy atom. The minimum atomic E-state index is 0.265. The Bertz CT molecular complexity index is 231. The third-order valence-electron chi connectivity index (χ3n) is 3.40. The third kappa shape index (κ3) is 1.64. The van der Waals surface area contributed by atoms with Gasteiger partial charge in [-0.3, -0.25) is 9.69 Å². The Morgan fingerprint density at radius 2 is 2.29 bits per heavy atom. The van der Waals surface area contributed by atoms with E-state index in [-0.39, 0.29) is 5.91 Å². The molecule has 0 aliphatic carbocycles. The molecule has 2 atom stereocenters. The first-order chi connectivity index (χ1) is 6.72. The average molecular weight is 197 g/mol. The molecule has 2 rings (SSSR count). The van der Waals surface area contributed by atoms with Crippen LogP contribution in [0.25, 0.3) is 0 Å². The highest BCUT2D eigenvalue weighted by molar-refractivity contribution is 5.79. The predicted octanol–water partition coefficient (Wildman–Crippen LogP) is -0.489. The number of amides is 1. The molecule has 0 saturated carbocycles. The van der Waals surface area contributed by atoms with E-state index in [0.717, 1.165) is 26.1 Å². The van der Waals surface area contributed by atoms with Crippen LogP contribution in [-0.4, -0.2) is 61.0 Å². The summed E-state index contributed by atoms with van der Waals surface area (Å²) in [6.45, 7) is 5.74. The van der Waals surface area contributed by atoms with Crippen LogP contribution in [0.2, 0.25) is 0 Å². The van der Waals surface area contributed by atoms with Gasteiger partial charge in [-0.1, -0.05) is 6.92 Å². The standard InChI is InChI=1S/C10H19N3O/c1-3-8-4-11-5-9-6-12(2)10(14)7-13(8)9/h8-9,11H,3-7H2,1-2H3. The molecule has 4 heteroatoms. The van der Waals surface area contributed by atoms with E-state index in [0.29, 0.717) is 18.6 Å². The second-order valence-corrected chi connectivity index (χ2v) is 4.32. The summed E-state index contributed by atoms with van der Waals surface area (Å²) in [7, 11) is 1.90. The zero-order valence-corrected chi connectivity index (χ0v) is 8.99. The number of rotatable bonds is 1. The normalized spacial score (nSPS) is 34.4. The molecule has 2 heterocycles. The van der Waals surface area contributed by atoms with Crippen LogP contribution in [-0.2, 0) is 4.79 Å². The van der Waals surface area contributed by atoms with Crippen LogP contribution in [0, 0.1) is 0 Å². The van der Waals surface area contributed by atoms with E-state index in [1.807, 2.05) is 11.9 Å².